The zero-order valence-electron chi connectivity index (χ0n) is 9.97. The molecule has 0 aliphatic rings. The van der Waals surface area contributed by atoms with Crippen LogP contribution in [0.15, 0.2) is 42.5 Å². The molecule has 0 atom stereocenters. The summed E-state index contributed by atoms with van der Waals surface area (Å²) < 4.78 is 19.2. The average molecular weight is 277 g/mol. The van der Waals surface area contributed by atoms with Gasteiger partial charge in [-0.15, -0.1) is 0 Å². The SMILES string of the molecule is NC(=S)c1ccc(Oc2ccc(CO)cc2)c(F)c1. The van der Waals surface area contributed by atoms with Gasteiger partial charge in [0.25, 0.3) is 0 Å². The quantitative estimate of drug-likeness (QED) is 0.844. The molecule has 0 bridgehead atoms. The Morgan fingerprint density at radius 3 is 2.42 bits per heavy atom. The first-order valence-corrected chi connectivity index (χ1v) is 5.98. The van der Waals surface area contributed by atoms with Crippen LogP contribution in [0.3, 0.4) is 0 Å². The van der Waals surface area contributed by atoms with E-state index in [4.69, 9.17) is 27.8 Å². The third-order valence-corrected chi connectivity index (χ3v) is 2.79. The fraction of sp³-hybridized carbons (Fsp3) is 0.0714. The molecular formula is C14H12FNO2S. The van der Waals surface area contributed by atoms with E-state index in [1.54, 1.807) is 30.3 Å². The number of ether oxygens (including phenoxy) is 1. The first-order chi connectivity index (χ1) is 9.10. The number of halogens is 1. The zero-order chi connectivity index (χ0) is 13.8. The van der Waals surface area contributed by atoms with Gasteiger partial charge in [-0.3, -0.25) is 0 Å². The molecule has 19 heavy (non-hydrogen) atoms. The van der Waals surface area contributed by atoms with Crippen LogP contribution in [0.1, 0.15) is 11.1 Å². The molecule has 3 N–H and O–H groups in total. The lowest BCUT2D eigenvalue weighted by atomic mass is 10.2. The number of hydrogen-bond acceptors (Lipinski definition) is 3. The van der Waals surface area contributed by atoms with Gasteiger partial charge in [0.2, 0.25) is 0 Å². The molecular weight excluding hydrogens is 265 g/mol. The molecule has 98 valence electrons. The van der Waals surface area contributed by atoms with Gasteiger partial charge in [-0.1, -0.05) is 24.4 Å². The summed E-state index contributed by atoms with van der Waals surface area (Å²) >= 11 is 4.77. The van der Waals surface area contributed by atoms with E-state index in [2.05, 4.69) is 0 Å². The summed E-state index contributed by atoms with van der Waals surface area (Å²) in [4.78, 5) is 0.137. The summed E-state index contributed by atoms with van der Waals surface area (Å²) in [5.41, 5.74) is 6.63. The summed E-state index contributed by atoms with van der Waals surface area (Å²) in [5.74, 6) is 0.0486. The molecule has 0 saturated carbocycles. The highest BCUT2D eigenvalue weighted by Gasteiger charge is 2.07. The van der Waals surface area contributed by atoms with E-state index in [1.165, 1.54) is 12.1 Å². The predicted octanol–water partition coefficient (Wildman–Crippen LogP) is 2.74. The summed E-state index contributed by atoms with van der Waals surface area (Å²) in [6, 6.07) is 11.0. The third-order valence-electron chi connectivity index (χ3n) is 2.55. The van der Waals surface area contributed by atoms with Gasteiger partial charge in [-0.25, -0.2) is 4.39 Å². The van der Waals surface area contributed by atoms with E-state index in [0.29, 0.717) is 11.3 Å². The number of hydrogen-bond donors (Lipinski definition) is 2. The number of aliphatic hydroxyl groups excluding tert-OH is 1. The van der Waals surface area contributed by atoms with Gasteiger partial charge in [0.1, 0.15) is 10.7 Å². The Kier molecular flexibility index (Phi) is 4.09. The second-order valence-electron chi connectivity index (χ2n) is 3.91. The standard InChI is InChI=1S/C14H12FNO2S/c15-12-7-10(14(16)19)3-6-13(12)18-11-4-1-9(8-17)2-5-11/h1-7,17H,8H2,(H2,16,19). The smallest absolute Gasteiger partial charge is 0.166 e. The van der Waals surface area contributed by atoms with Gasteiger partial charge in [-0.05, 0) is 35.9 Å². The van der Waals surface area contributed by atoms with Crippen molar-refractivity contribution in [1.82, 2.24) is 0 Å². The molecule has 3 nitrogen and oxygen atoms in total. The second-order valence-corrected chi connectivity index (χ2v) is 4.35. The Labute approximate surface area is 115 Å². The second kappa shape index (κ2) is 5.77. The van der Waals surface area contributed by atoms with Crippen molar-refractivity contribution in [2.75, 3.05) is 0 Å². The van der Waals surface area contributed by atoms with Crippen LogP contribution in [-0.2, 0) is 6.61 Å². The summed E-state index contributed by atoms with van der Waals surface area (Å²) in [6.07, 6.45) is 0. The normalized spacial score (nSPS) is 10.2. The maximum Gasteiger partial charge on any atom is 0.166 e. The van der Waals surface area contributed by atoms with Gasteiger partial charge in [0, 0.05) is 5.56 Å². The number of nitrogens with two attached hydrogens (primary N) is 1. The number of rotatable bonds is 4. The lowest BCUT2D eigenvalue weighted by Gasteiger charge is -2.08. The summed E-state index contributed by atoms with van der Waals surface area (Å²) in [6.45, 7) is -0.0444. The van der Waals surface area contributed by atoms with Crippen molar-refractivity contribution in [3.63, 3.8) is 0 Å². The third kappa shape index (κ3) is 3.27. The minimum absolute atomic E-state index is 0.0444. The Morgan fingerprint density at radius 1 is 1.21 bits per heavy atom. The fourth-order valence-electron chi connectivity index (χ4n) is 1.53. The molecule has 0 heterocycles. The number of benzene rings is 2. The van der Waals surface area contributed by atoms with E-state index in [9.17, 15) is 4.39 Å². The van der Waals surface area contributed by atoms with Crippen molar-refractivity contribution < 1.29 is 14.2 Å². The Hall–Kier alpha value is -1.98. The first-order valence-electron chi connectivity index (χ1n) is 5.57. The topological polar surface area (TPSA) is 55.5 Å². The lowest BCUT2D eigenvalue weighted by Crippen LogP contribution is -2.09. The van der Waals surface area contributed by atoms with E-state index < -0.39 is 5.82 Å². The van der Waals surface area contributed by atoms with Crippen LogP contribution in [0.25, 0.3) is 0 Å². The molecule has 0 aliphatic heterocycles. The predicted molar refractivity (Wildman–Crippen MR) is 74.7 cm³/mol. The number of thiocarbonyl (C=S) groups is 1. The highest BCUT2D eigenvalue weighted by molar-refractivity contribution is 7.80. The largest absolute Gasteiger partial charge is 0.454 e. The highest BCUT2D eigenvalue weighted by Crippen LogP contribution is 2.25. The van der Waals surface area contributed by atoms with Crippen molar-refractivity contribution in [3.05, 3.63) is 59.4 Å². The summed E-state index contributed by atoms with van der Waals surface area (Å²) in [7, 11) is 0. The van der Waals surface area contributed by atoms with E-state index in [-0.39, 0.29) is 17.3 Å². The van der Waals surface area contributed by atoms with E-state index >= 15 is 0 Å². The molecule has 0 unspecified atom stereocenters. The molecule has 2 aromatic carbocycles. The monoisotopic (exact) mass is 277 g/mol. The maximum atomic E-state index is 13.8. The highest BCUT2D eigenvalue weighted by atomic mass is 32.1. The van der Waals surface area contributed by atoms with Gasteiger partial charge >= 0.3 is 0 Å². The molecule has 0 spiro atoms. The Morgan fingerprint density at radius 2 is 1.89 bits per heavy atom. The molecule has 0 radical (unpaired) electrons. The van der Waals surface area contributed by atoms with Crippen molar-refractivity contribution >= 4 is 17.2 Å². The van der Waals surface area contributed by atoms with Crippen LogP contribution in [-0.4, -0.2) is 10.1 Å². The van der Waals surface area contributed by atoms with Crippen molar-refractivity contribution in [1.29, 1.82) is 0 Å². The lowest BCUT2D eigenvalue weighted by molar-refractivity contribution is 0.281. The molecule has 0 fully saturated rings. The van der Waals surface area contributed by atoms with Gasteiger partial charge in [0.15, 0.2) is 11.6 Å². The van der Waals surface area contributed by atoms with Crippen LogP contribution in [0.2, 0.25) is 0 Å². The van der Waals surface area contributed by atoms with Crippen molar-refractivity contribution in [2.45, 2.75) is 6.61 Å². The molecule has 0 aromatic heterocycles. The number of aliphatic hydroxyl groups is 1. The summed E-state index contributed by atoms with van der Waals surface area (Å²) in [5, 5.41) is 8.92. The molecule has 2 rings (SSSR count). The molecule has 0 aliphatic carbocycles. The van der Waals surface area contributed by atoms with E-state index in [1.807, 2.05) is 0 Å². The first kappa shape index (κ1) is 13.5. The zero-order valence-corrected chi connectivity index (χ0v) is 10.8. The Balaban J connectivity index is 2.20. The van der Waals surface area contributed by atoms with Crippen LogP contribution in [0.5, 0.6) is 11.5 Å². The fourth-order valence-corrected chi connectivity index (χ4v) is 1.65. The van der Waals surface area contributed by atoms with Crippen LogP contribution in [0.4, 0.5) is 4.39 Å². The minimum atomic E-state index is -0.531. The molecule has 0 amide bonds. The molecule has 2 aromatic rings. The van der Waals surface area contributed by atoms with Crippen molar-refractivity contribution in [2.24, 2.45) is 5.73 Å². The van der Waals surface area contributed by atoms with Gasteiger partial charge in [-0.2, -0.15) is 0 Å². The van der Waals surface area contributed by atoms with Gasteiger partial charge in [0.05, 0.1) is 6.61 Å². The van der Waals surface area contributed by atoms with Crippen LogP contribution >= 0.6 is 12.2 Å². The van der Waals surface area contributed by atoms with Crippen LogP contribution < -0.4 is 10.5 Å². The average Bonchev–Trinajstić information content (AvgIpc) is 2.41. The maximum absolute atomic E-state index is 13.8. The molecule has 5 heteroatoms. The molecule has 0 saturated heterocycles. The van der Waals surface area contributed by atoms with Crippen molar-refractivity contribution in [3.8, 4) is 11.5 Å². The van der Waals surface area contributed by atoms with Gasteiger partial charge < -0.3 is 15.6 Å². The van der Waals surface area contributed by atoms with E-state index in [0.717, 1.165) is 5.56 Å². The minimum Gasteiger partial charge on any atom is -0.454 e. The Bertz CT molecular complexity index is 599. The van der Waals surface area contributed by atoms with Crippen LogP contribution in [0, 0.1) is 5.82 Å².